The summed E-state index contributed by atoms with van der Waals surface area (Å²) in [5.74, 6) is 0.792. The van der Waals surface area contributed by atoms with Crippen LogP contribution in [-0.4, -0.2) is 22.5 Å². The summed E-state index contributed by atoms with van der Waals surface area (Å²) in [5, 5.41) is 5.89. The molecule has 0 saturated carbocycles. The highest BCUT2D eigenvalue weighted by Gasteiger charge is 2.07. The number of amides is 1. The van der Waals surface area contributed by atoms with E-state index in [0.717, 1.165) is 11.5 Å². The van der Waals surface area contributed by atoms with Crippen LogP contribution >= 0.6 is 0 Å². The molecule has 1 heterocycles. The number of hydrogen-bond donors (Lipinski definition) is 2. The van der Waals surface area contributed by atoms with Gasteiger partial charge in [0.1, 0.15) is 12.4 Å². The number of hydrogen-bond acceptors (Lipinski definition) is 3. The number of nitrogens with zero attached hydrogens (tertiary/aromatic N) is 2. The van der Waals surface area contributed by atoms with Crippen LogP contribution in [-0.2, 0) is 17.9 Å². The van der Waals surface area contributed by atoms with Gasteiger partial charge in [0.05, 0.1) is 6.54 Å². The number of aryl methyl sites for hydroxylation is 1. The van der Waals surface area contributed by atoms with Crippen molar-refractivity contribution < 1.29 is 4.79 Å². The molecule has 1 aromatic carbocycles. The van der Waals surface area contributed by atoms with E-state index < -0.39 is 0 Å². The van der Waals surface area contributed by atoms with Gasteiger partial charge in [-0.3, -0.25) is 4.79 Å². The summed E-state index contributed by atoms with van der Waals surface area (Å²) in [4.78, 5) is 16.1. The SMILES string of the molecule is CNCc1nccn1CC(=O)Nc1ccc(C)cc1. The van der Waals surface area contributed by atoms with E-state index in [4.69, 9.17) is 0 Å². The number of imidazole rings is 1. The maximum Gasteiger partial charge on any atom is 0.244 e. The fourth-order valence-electron chi connectivity index (χ4n) is 1.80. The third-order valence-electron chi connectivity index (χ3n) is 2.79. The molecule has 0 spiro atoms. The van der Waals surface area contributed by atoms with Crippen LogP contribution in [0.15, 0.2) is 36.7 Å². The summed E-state index contributed by atoms with van der Waals surface area (Å²) in [6.45, 7) is 2.93. The largest absolute Gasteiger partial charge is 0.325 e. The lowest BCUT2D eigenvalue weighted by Crippen LogP contribution is -2.21. The van der Waals surface area contributed by atoms with Gasteiger partial charge in [-0.1, -0.05) is 17.7 Å². The van der Waals surface area contributed by atoms with Gasteiger partial charge in [-0.25, -0.2) is 4.98 Å². The average molecular weight is 258 g/mol. The first kappa shape index (κ1) is 13.3. The van der Waals surface area contributed by atoms with Gasteiger partial charge in [0.15, 0.2) is 0 Å². The van der Waals surface area contributed by atoms with Crippen LogP contribution < -0.4 is 10.6 Å². The molecular weight excluding hydrogens is 240 g/mol. The van der Waals surface area contributed by atoms with Crippen LogP contribution in [0, 0.1) is 6.92 Å². The normalized spacial score (nSPS) is 10.4. The highest BCUT2D eigenvalue weighted by atomic mass is 16.1. The third kappa shape index (κ3) is 3.66. The molecule has 1 aromatic heterocycles. The molecular formula is C14H18N4O. The van der Waals surface area contributed by atoms with Crippen molar-refractivity contribution >= 4 is 11.6 Å². The van der Waals surface area contributed by atoms with Gasteiger partial charge >= 0.3 is 0 Å². The number of rotatable bonds is 5. The molecule has 1 amide bonds. The van der Waals surface area contributed by atoms with E-state index in [2.05, 4.69) is 15.6 Å². The van der Waals surface area contributed by atoms with Crippen LogP contribution in [0.2, 0.25) is 0 Å². The highest BCUT2D eigenvalue weighted by Crippen LogP contribution is 2.08. The summed E-state index contributed by atoms with van der Waals surface area (Å²) in [6.07, 6.45) is 3.51. The molecule has 2 N–H and O–H groups in total. The van der Waals surface area contributed by atoms with Crippen molar-refractivity contribution in [2.75, 3.05) is 12.4 Å². The lowest BCUT2D eigenvalue weighted by atomic mass is 10.2. The van der Waals surface area contributed by atoms with E-state index in [-0.39, 0.29) is 12.5 Å². The van der Waals surface area contributed by atoms with Crippen molar-refractivity contribution in [2.45, 2.75) is 20.0 Å². The van der Waals surface area contributed by atoms with E-state index in [9.17, 15) is 4.79 Å². The number of aromatic nitrogens is 2. The summed E-state index contributed by atoms with van der Waals surface area (Å²) in [7, 11) is 1.85. The summed E-state index contributed by atoms with van der Waals surface area (Å²) in [6, 6.07) is 7.74. The first-order valence-electron chi connectivity index (χ1n) is 6.20. The van der Waals surface area contributed by atoms with Crippen LogP contribution in [0.4, 0.5) is 5.69 Å². The highest BCUT2D eigenvalue weighted by molar-refractivity contribution is 5.90. The number of carbonyl (C=O) groups excluding carboxylic acids is 1. The van der Waals surface area contributed by atoms with Crippen molar-refractivity contribution in [1.82, 2.24) is 14.9 Å². The monoisotopic (exact) mass is 258 g/mol. The smallest absolute Gasteiger partial charge is 0.244 e. The fourth-order valence-corrected chi connectivity index (χ4v) is 1.80. The van der Waals surface area contributed by atoms with Gasteiger partial charge in [-0.05, 0) is 26.1 Å². The molecule has 0 bridgehead atoms. The van der Waals surface area contributed by atoms with Gasteiger partial charge in [-0.2, -0.15) is 0 Å². The van der Waals surface area contributed by atoms with E-state index in [1.807, 2.05) is 42.8 Å². The van der Waals surface area contributed by atoms with Crippen LogP contribution in [0.1, 0.15) is 11.4 Å². The number of benzene rings is 1. The molecule has 0 radical (unpaired) electrons. The fraction of sp³-hybridized carbons (Fsp3) is 0.286. The quantitative estimate of drug-likeness (QED) is 0.855. The second-order valence-electron chi connectivity index (χ2n) is 4.42. The van der Waals surface area contributed by atoms with Crippen molar-refractivity contribution in [2.24, 2.45) is 0 Å². The van der Waals surface area contributed by atoms with Crippen LogP contribution in [0.25, 0.3) is 0 Å². The van der Waals surface area contributed by atoms with E-state index in [1.54, 1.807) is 12.4 Å². The van der Waals surface area contributed by atoms with Crippen molar-refractivity contribution in [3.05, 3.63) is 48.0 Å². The second kappa shape index (κ2) is 6.15. The van der Waals surface area contributed by atoms with E-state index >= 15 is 0 Å². The molecule has 19 heavy (non-hydrogen) atoms. The molecule has 0 aliphatic carbocycles. The molecule has 5 heteroatoms. The predicted octanol–water partition coefficient (Wildman–Crippen LogP) is 1.55. The molecule has 2 aromatic rings. The Labute approximate surface area is 112 Å². The Balaban J connectivity index is 1.97. The minimum Gasteiger partial charge on any atom is -0.325 e. The number of anilines is 1. The lowest BCUT2D eigenvalue weighted by Gasteiger charge is -2.08. The lowest BCUT2D eigenvalue weighted by molar-refractivity contribution is -0.116. The Morgan fingerprint density at radius 3 is 2.74 bits per heavy atom. The standard InChI is InChI=1S/C14H18N4O/c1-11-3-5-12(6-4-11)17-14(19)10-18-8-7-16-13(18)9-15-2/h3-8,15H,9-10H2,1-2H3,(H,17,19). The first-order chi connectivity index (χ1) is 9.19. The van der Waals surface area contributed by atoms with Crippen molar-refractivity contribution in [3.63, 3.8) is 0 Å². The van der Waals surface area contributed by atoms with Gasteiger partial charge in [0.2, 0.25) is 5.91 Å². The summed E-state index contributed by atoms with van der Waals surface area (Å²) in [5.41, 5.74) is 1.98. The van der Waals surface area contributed by atoms with Crippen molar-refractivity contribution in [1.29, 1.82) is 0 Å². The van der Waals surface area contributed by atoms with Crippen molar-refractivity contribution in [3.8, 4) is 0 Å². The van der Waals surface area contributed by atoms with E-state index in [1.165, 1.54) is 5.56 Å². The Kier molecular flexibility index (Phi) is 4.30. The average Bonchev–Trinajstić information content (AvgIpc) is 2.80. The maximum absolute atomic E-state index is 11.9. The molecule has 5 nitrogen and oxygen atoms in total. The number of carbonyl (C=O) groups is 1. The molecule has 0 atom stereocenters. The molecule has 0 aliphatic rings. The minimum atomic E-state index is -0.0563. The molecule has 100 valence electrons. The first-order valence-corrected chi connectivity index (χ1v) is 6.20. The second-order valence-corrected chi connectivity index (χ2v) is 4.42. The zero-order chi connectivity index (χ0) is 13.7. The molecule has 0 saturated heterocycles. The molecule has 0 fully saturated rings. The minimum absolute atomic E-state index is 0.0563. The van der Waals surface area contributed by atoms with Gasteiger partial charge in [0.25, 0.3) is 0 Å². The zero-order valence-electron chi connectivity index (χ0n) is 11.2. The van der Waals surface area contributed by atoms with Gasteiger partial charge in [-0.15, -0.1) is 0 Å². The third-order valence-corrected chi connectivity index (χ3v) is 2.79. The Hall–Kier alpha value is -2.14. The van der Waals surface area contributed by atoms with Gasteiger partial charge in [0, 0.05) is 18.1 Å². The molecule has 0 aliphatic heterocycles. The summed E-state index contributed by atoms with van der Waals surface area (Å²) < 4.78 is 1.83. The number of nitrogens with one attached hydrogen (secondary N) is 2. The van der Waals surface area contributed by atoms with Gasteiger partial charge < -0.3 is 15.2 Å². The molecule has 2 rings (SSSR count). The maximum atomic E-state index is 11.9. The Morgan fingerprint density at radius 2 is 2.05 bits per heavy atom. The topological polar surface area (TPSA) is 59.0 Å². The Morgan fingerprint density at radius 1 is 1.32 bits per heavy atom. The van der Waals surface area contributed by atoms with Crippen LogP contribution in [0.5, 0.6) is 0 Å². The predicted molar refractivity (Wildman–Crippen MR) is 74.8 cm³/mol. The summed E-state index contributed by atoms with van der Waals surface area (Å²) >= 11 is 0. The Bertz CT molecular complexity index is 545. The van der Waals surface area contributed by atoms with E-state index in [0.29, 0.717) is 6.54 Å². The van der Waals surface area contributed by atoms with Crippen LogP contribution in [0.3, 0.4) is 0 Å². The molecule has 0 unspecified atom stereocenters. The zero-order valence-corrected chi connectivity index (χ0v) is 11.2.